The van der Waals surface area contributed by atoms with Crippen LogP contribution in [-0.2, 0) is 11.8 Å². The number of likely N-dealkylation sites (tertiary alicyclic amines) is 1. The second-order valence-corrected chi connectivity index (χ2v) is 8.66. The molecule has 1 saturated heterocycles. The molecule has 0 radical (unpaired) electrons. The van der Waals surface area contributed by atoms with Gasteiger partial charge in [0.25, 0.3) is 0 Å². The minimum absolute atomic E-state index is 0.380. The summed E-state index contributed by atoms with van der Waals surface area (Å²) in [6.45, 7) is 2.64. The number of rotatable bonds is 2. The van der Waals surface area contributed by atoms with Crippen LogP contribution >= 0.6 is 0 Å². The summed E-state index contributed by atoms with van der Waals surface area (Å²) in [4.78, 5) is 2.87. The van der Waals surface area contributed by atoms with Gasteiger partial charge in [-0.25, -0.2) is 0 Å². The van der Waals surface area contributed by atoms with Crippen molar-refractivity contribution in [1.82, 2.24) is 4.90 Å². The van der Waals surface area contributed by atoms with Crippen molar-refractivity contribution in [3.63, 3.8) is 0 Å². The van der Waals surface area contributed by atoms with Crippen LogP contribution in [0.3, 0.4) is 0 Å². The molecule has 2 saturated carbocycles. The number of phenols is 1. The monoisotopic (exact) mass is 311 g/mol. The fraction of sp³-hybridized carbons (Fsp3) is 0.714. The predicted octanol–water partition coefficient (Wildman–Crippen LogP) is 4.25. The summed E-state index contributed by atoms with van der Waals surface area (Å²) in [6.07, 6.45) is 12.5. The predicted molar refractivity (Wildman–Crippen MR) is 92.8 cm³/mol. The van der Waals surface area contributed by atoms with Crippen LogP contribution in [0.2, 0.25) is 0 Å². The standard InChI is InChI=1S/C21H29NO/c23-17-8-7-16-12-20-18-6-1-2-9-21(18,19(16)13-17)10-11-22(20)14-15-4-3-5-15/h7-8,13,15,18,20,23H,1-6,9-12,14H2/t18?,20-,21-/m1/s1. The second kappa shape index (κ2) is 5.24. The summed E-state index contributed by atoms with van der Waals surface area (Å²) in [5.41, 5.74) is 3.43. The van der Waals surface area contributed by atoms with Crippen molar-refractivity contribution >= 4 is 0 Å². The summed E-state index contributed by atoms with van der Waals surface area (Å²) in [5, 5.41) is 10.1. The van der Waals surface area contributed by atoms with Gasteiger partial charge in [-0.1, -0.05) is 25.3 Å². The number of benzene rings is 1. The average Bonchev–Trinajstić information content (AvgIpc) is 2.53. The van der Waals surface area contributed by atoms with Crippen molar-refractivity contribution in [2.24, 2.45) is 11.8 Å². The zero-order valence-corrected chi connectivity index (χ0v) is 14.1. The van der Waals surface area contributed by atoms with E-state index < -0.39 is 0 Å². The molecule has 1 unspecified atom stereocenters. The van der Waals surface area contributed by atoms with Crippen LogP contribution in [0.25, 0.3) is 0 Å². The second-order valence-electron chi connectivity index (χ2n) is 8.66. The van der Waals surface area contributed by atoms with Crippen LogP contribution in [0.5, 0.6) is 5.75 Å². The first-order chi connectivity index (χ1) is 11.3. The van der Waals surface area contributed by atoms with E-state index in [0.717, 1.165) is 17.9 Å². The molecular weight excluding hydrogens is 282 g/mol. The maximum Gasteiger partial charge on any atom is 0.115 e. The molecule has 23 heavy (non-hydrogen) atoms. The van der Waals surface area contributed by atoms with Crippen LogP contribution in [0.4, 0.5) is 0 Å². The highest BCUT2D eigenvalue weighted by Crippen LogP contribution is 2.56. The summed E-state index contributed by atoms with van der Waals surface area (Å²) in [6, 6.07) is 7.01. The molecule has 2 nitrogen and oxygen atoms in total. The van der Waals surface area contributed by atoms with Gasteiger partial charge in [-0.15, -0.1) is 0 Å². The van der Waals surface area contributed by atoms with Crippen molar-refractivity contribution in [2.75, 3.05) is 13.1 Å². The van der Waals surface area contributed by atoms with E-state index in [1.807, 2.05) is 6.07 Å². The fourth-order valence-electron chi connectivity index (χ4n) is 6.31. The number of piperidine rings is 1. The third-order valence-corrected chi connectivity index (χ3v) is 7.65. The minimum atomic E-state index is 0.380. The maximum atomic E-state index is 10.1. The molecule has 0 spiro atoms. The Bertz CT molecular complexity index is 608. The fourth-order valence-corrected chi connectivity index (χ4v) is 6.31. The van der Waals surface area contributed by atoms with Gasteiger partial charge in [-0.3, -0.25) is 4.90 Å². The lowest BCUT2D eigenvalue weighted by molar-refractivity contribution is -0.0240. The largest absolute Gasteiger partial charge is 0.508 e. The smallest absolute Gasteiger partial charge is 0.115 e. The molecule has 1 aromatic rings. The lowest BCUT2D eigenvalue weighted by Crippen LogP contribution is -2.61. The van der Waals surface area contributed by atoms with Crippen LogP contribution in [0, 0.1) is 11.8 Å². The van der Waals surface area contributed by atoms with E-state index in [1.54, 1.807) is 0 Å². The molecule has 4 aliphatic rings. The number of nitrogens with zero attached hydrogens (tertiary/aromatic N) is 1. The van der Waals surface area contributed by atoms with Crippen LogP contribution in [-0.4, -0.2) is 29.1 Å². The Morgan fingerprint density at radius 1 is 1.09 bits per heavy atom. The molecule has 1 heterocycles. The lowest BCUT2D eigenvalue weighted by atomic mass is 9.52. The molecule has 1 N–H and O–H groups in total. The highest BCUT2D eigenvalue weighted by atomic mass is 16.3. The zero-order chi connectivity index (χ0) is 15.4. The third kappa shape index (κ3) is 2.10. The summed E-state index contributed by atoms with van der Waals surface area (Å²) in [5.74, 6) is 2.28. The van der Waals surface area contributed by atoms with Gasteiger partial charge in [-0.2, -0.15) is 0 Å². The van der Waals surface area contributed by atoms with Crippen molar-refractivity contribution in [3.05, 3.63) is 29.3 Å². The van der Waals surface area contributed by atoms with E-state index in [2.05, 4.69) is 17.0 Å². The Labute approximate surface area is 139 Å². The van der Waals surface area contributed by atoms with E-state index in [4.69, 9.17) is 0 Å². The first kappa shape index (κ1) is 14.3. The molecule has 2 heteroatoms. The topological polar surface area (TPSA) is 23.5 Å². The molecule has 3 atom stereocenters. The Morgan fingerprint density at radius 3 is 2.83 bits per heavy atom. The average molecular weight is 311 g/mol. The van der Waals surface area contributed by atoms with Crippen LogP contribution in [0.15, 0.2) is 18.2 Å². The molecule has 124 valence electrons. The SMILES string of the molecule is Oc1ccc2c(c1)[C@@]13CCCCC1[C@@H](C2)N(CC1CCC1)CC3. The first-order valence-electron chi connectivity index (χ1n) is 9.83. The summed E-state index contributed by atoms with van der Waals surface area (Å²) in [7, 11) is 0. The van der Waals surface area contributed by atoms with E-state index in [0.29, 0.717) is 11.2 Å². The van der Waals surface area contributed by atoms with Gasteiger partial charge in [0.15, 0.2) is 0 Å². The zero-order valence-electron chi connectivity index (χ0n) is 14.1. The third-order valence-electron chi connectivity index (χ3n) is 7.65. The quantitative estimate of drug-likeness (QED) is 0.882. The minimum Gasteiger partial charge on any atom is -0.508 e. The van der Waals surface area contributed by atoms with Gasteiger partial charge in [0.05, 0.1) is 0 Å². The molecule has 0 aromatic heterocycles. The molecular formula is C21H29NO. The number of hydrogen-bond donors (Lipinski definition) is 1. The van der Waals surface area contributed by atoms with Crippen molar-refractivity contribution < 1.29 is 5.11 Å². The van der Waals surface area contributed by atoms with Crippen LogP contribution in [0.1, 0.15) is 62.5 Å². The molecule has 3 aliphatic carbocycles. The Hall–Kier alpha value is -1.02. The molecule has 1 aromatic carbocycles. The number of aromatic hydroxyl groups is 1. The highest BCUT2D eigenvalue weighted by molar-refractivity contribution is 5.45. The first-order valence-corrected chi connectivity index (χ1v) is 9.83. The van der Waals surface area contributed by atoms with Crippen molar-refractivity contribution in [3.8, 4) is 5.75 Å². The number of phenolic OH excluding ortho intramolecular Hbond substituents is 1. The van der Waals surface area contributed by atoms with Gasteiger partial charge >= 0.3 is 0 Å². The summed E-state index contributed by atoms with van der Waals surface area (Å²) >= 11 is 0. The van der Waals surface area contributed by atoms with Gasteiger partial charge in [0, 0.05) is 18.0 Å². The summed E-state index contributed by atoms with van der Waals surface area (Å²) < 4.78 is 0. The molecule has 1 aliphatic heterocycles. The number of hydrogen-bond acceptors (Lipinski definition) is 2. The molecule has 5 rings (SSSR count). The number of fused-ring (bicyclic) bond motifs is 1. The van der Waals surface area contributed by atoms with Crippen molar-refractivity contribution in [1.29, 1.82) is 0 Å². The Kier molecular flexibility index (Phi) is 3.27. The van der Waals surface area contributed by atoms with Gasteiger partial charge in [0.1, 0.15) is 5.75 Å². The Morgan fingerprint density at radius 2 is 2.00 bits per heavy atom. The maximum absolute atomic E-state index is 10.1. The van der Waals surface area contributed by atoms with E-state index in [1.165, 1.54) is 82.0 Å². The molecule has 2 bridgehead atoms. The van der Waals surface area contributed by atoms with Crippen molar-refractivity contribution in [2.45, 2.75) is 69.2 Å². The molecule has 0 amide bonds. The van der Waals surface area contributed by atoms with E-state index >= 15 is 0 Å². The highest BCUT2D eigenvalue weighted by Gasteiger charge is 2.53. The van der Waals surface area contributed by atoms with E-state index in [9.17, 15) is 5.11 Å². The Balaban J connectivity index is 1.54. The van der Waals surface area contributed by atoms with Crippen LogP contribution < -0.4 is 0 Å². The molecule has 3 fully saturated rings. The van der Waals surface area contributed by atoms with Gasteiger partial charge < -0.3 is 5.11 Å². The van der Waals surface area contributed by atoms with E-state index in [-0.39, 0.29) is 0 Å². The van der Waals surface area contributed by atoms with Gasteiger partial charge in [0.2, 0.25) is 0 Å². The lowest BCUT2D eigenvalue weighted by Gasteiger charge is -2.59. The van der Waals surface area contributed by atoms with Gasteiger partial charge in [-0.05, 0) is 80.2 Å². The normalized spacial score (nSPS) is 36.9.